The van der Waals surface area contributed by atoms with Crippen molar-refractivity contribution in [1.82, 2.24) is 35.7 Å². The Morgan fingerprint density at radius 1 is 1.26 bits per heavy atom. The molecule has 19 heavy (non-hydrogen) atoms. The third kappa shape index (κ3) is 3.31. The molecule has 0 aliphatic rings. The van der Waals surface area contributed by atoms with E-state index in [1.165, 1.54) is 4.80 Å². The van der Waals surface area contributed by atoms with Crippen LogP contribution in [0.25, 0.3) is 0 Å². The molecular formula is C12H19N7. The van der Waals surface area contributed by atoms with E-state index in [2.05, 4.69) is 43.9 Å². The SMILES string of the molecule is CCNC(Cc1nnn(C)n1)c1cc(C)nnc1C. The van der Waals surface area contributed by atoms with Gasteiger partial charge in [-0.1, -0.05) is 6.92 Å². The molecule has 0 spiro atoms. The minimum Gasteiger partial charge on any atom is -0.310 e. The van der Waals surface area contributed by atoms with Gasteiger partial charge in [0, 0.05) is 12.5 Å². The molecule has 7 heteroatoms. The third-order valence-corrected chi connectivity index (χ3v) is 2.90. The molecule has 0 fully saturated rings. The minimum atomic E-state index is 0.128. The minimum absolute atomic E-state index is 0.128. The summed E-state index contributed by atoms with van der Waals surface area (Å²) in [6.07, 6.45) is 0.688. The van der Waals surface area contributed by atoms with Gasteiger partial charge in [-0.25, -0.2) is 0 Å². The highest BCUT2D eigenvalue weighted by Gasteiger charge is 2.17. The first-order valence-corrected chi connectivity index (χ1v) is 6.37. The lowest BCUT2D eigenvalue weighted by atomic mass is 10.0. The van der Waals surface area contributed by atoms with Crippen LogP contribution in [0.2, 0.25) is 0 Å². The van der Waals surface area contributed by atoms with E-state index in [4.69, 9.17) is 0 Å². The van der Waals surface area contributed by atoms with E-state index in [1.807, 2.05) is 13.8 Å². The number of hydrogen-bond donors (Lipinski definition) is 1. The number of tetrazole rings is 1. The van der Waals surface area contributed by atoms with Crippen molar-refractivity contribution >= 4 is 0 Å². The van der Waals surface area contributed by atoms with Crippen molar-refractivity contribution in [3.8, 4) is 0 Å². The summed E-state index contributed by atoms with van der Waals surface area (Å²) in [5.41, 5.74) is 2.98. The third-order valence-electron chi connectivity index (χ3n) is 2.90. The van der Waals surface area contributed by atoms with Crippen LogP contribution in [0.5, 0.6) is 0 Å². The van der Waals surface area contributed by atoms with E-state index in [1.54, 1.807) is 7.05 Å². The van der Waals surface area contributed by atoms with Crippen molar-refractivity contribution in [1.29, 1.82) is 0 Å². The predicted octanol–water partition coefficient (Wildman–Crippen LogP) is 0.510. The predicted molar refractivity (Wildman–Crippen MR) is 70.4 cm³/mol. The monoisotopic (exact) mass is 261 g/mol. The van der Waals surface area contributed by atoms with E-state index in [0.29, 0.717) is 6.42 Å². The van der Waals surface area contributed by atoms with Crippen molar-refractivity contribution in [3.05, 3.63) is 28.8 Å². The first-order chi connectivity index (χ1) is 9.10. The number of likely N-dealkylation sites (N-methyl/N-ethyl adjacent to an activating group) is 1. The molecule has 0 radical (unpaired) electrons. The fraction of sp³-hybridized carbons (Fsp3) is 0.583. The van der Waals surface area contributed by atoms with Crippen molar-refractivity contribution in [2.24, 2.45) is 7.05 Å². The highest BCUT2D eigenvalue weighted by molar-refractivity contribution is 5.24. The van der Waals surface area contributed by atoms with Crippen LogP contribution in [0.3, 0.4) is 0 Å². The van der Waals surface area contributed by atoms with Gasteiger partial charge in [0.05, 0.1) is 18.4 Å². The Hall–Kier alpha value is -1.89. The van der Waals surface area contributed by atoms with Gasteiger partial charge < -0.3 is 5.32 Å². The fourth-order valence-corrected chi connectivity index (χ4v) is 2.05. The summed E-state index contributed by atoms with van der Waals surface area (Å²) >= 11 is 0. The summed E-state index contributed by atoms with van der Waals surface area (Å²) in [6.45, 7) is 6.86. The Morgan fingerprint density at radius 3 is 2.68 bits per heavy atom. The molecule has 1 atom stereocenters. The summed E-state index contributed by atoms with van der Waals surface area (Å²) in [4.78, 5) is 1.47. The Balaban J connectivity index is 2.26. The standard InChI is InChI=1S/C12H19N7/c1-5-13-11(7-12-16-18-19(4)17-12)10-6-8(2)14-15-9(10)3/h6,11,13H,5,7H2,1-4H3. The van der Waals surface area contributed by atoms with E-state index >= 15 is 0 Å². The lowest BCUT2D eigenvalue weighted by Gasteiger charge is -2.18. The maximum atomic E-state index is 4.23. The number of nitrogens with zero attached hydrogens (tertiary/aromatic N) is 6. The molecule has 1 N–H and O–H groups in total. The van der Waals surface area contributed by atoms with E-state index in [-0.39, 0.29) is 6.04 Å². The molecule has 102 valence electrons. The van der Waals surface area contributed by atoms with Crippen molar-refractivity contribution in [3.63, 3.8) is 0 Å². The maximum absolute atomic E-state index is 4.23. The Kier molecular flexibility index (Phi) is 4.16. The molecule has 0 amide bonds. The second-order valence-corrected chi connectivity index (χ2v) is 4.54. The van der Waals surface area contributed by atoms with Gasteiger partial charge in [-0.3, -0.25) is 0 Å². The number of nitrogens with one attached hydrogen (secondary N) is 1. The average Bonchev–Trinajstić information content (AvgIpc) is 2.77. The second kappa shape index (κ2) is 5.83. The van der Waals surface area contributed by atoms with Crippen molar-refractivity contribution in [2.75, 3.05) is 6.54 Å². The van der Waals surface area contributed by atoms with Gasteiger partial charge in [-0.05, 0) is 37.2 Å². The number of aryl methyl sites for hydroxylation is 3. The van der Waals surface area contributed by atoms with Gasteiger partial charge >= 0.3 is 0 Å². The van der Waals surface area contributed by atoms with E-state index in [0.717, 1.165) is 29.3 Å². The highest BCUT2D eigenvalue weighted by Crippen LogP contribution is 2.19. The van der Waals surface area contributed by atoms with Crippen LogP contribution in [-0.4, -0.2) is 36.9 Å². The first-order valence-electron chi connectivity index (χ1n) is 6.37. The van der Waals surface area contributed by atoms with Crippen LogP contribution < -0.4 is 5.32 Å². The van der Waals surface area contributed by atoms with Gasteiger partial charge in [-0.15, -0.1) is 10.2 Å². The van der Waals surface area contributed by atoms with Gasteiger partial charge in [0.2, 0.25) is 0 Å². The van der Waals surface area contributed by atoms with Crippen LogP contribution >= 0.6 is 0 Å². The number of rotatable bonds is 5. The largest absolute Gasteiger partial charge is 0.310 e. The van der Waals surface area contributed by atoms with Crippen LogP contribution in [0.15, 0.2) is 6.07 Å². The van der Waals surface area contributed by atoms with Crippen molar-refractivity contribution in [2.45, 2.75) is 33.2 Å². The van der Waals surface area contributed by atoms with Gasteiger partial charge in [0.15, 0.2) is 5.82 Å². The fourth-order valence-electron chi connectivity index (χ4n) is 2.05. The van der Waals surface area contributed by atoms with Crippen LogP contribution in [-0.2, 0) is 13.5 Å². The van der Waals surface area contributed by atoms with E-state index in [9.17, 15) is 0 Å². The summed E-state index contributed by atoms with van der Waals surface area (Å²) in [7, 11) is 1.77. The molecule has 1 unspecified atom stereocenters. The zero-order chi connectivity index (χ0) is 13.8. The first kappa shape index (κ1) is 13.5. The summed E-state index contributed by atoms with van der Waals surface area (Å²) in [6, 6.07) is 2.19. The van der Waals surface area contributed by atoms with Crippen LogP contribution in [0.4, 0.5) is 0 Å². The smallest absolute Gasteiger partial charge is 0.176 e. The zero-order valence-electron chi connectivity index (χ0n) is 11.8. The highest BCUT2D eigenvalue weighted by atomic mass is 15.6. The molecular weight excluding hydrogens is 242 g/mol. The number of aromatic nitrogens is 6. The molecule has 0 aromatic carbocycles. The molecule has 0 saturated carbocycles. The molecule has 0 bridgehead atoms. The summed E-state index contributed by atoms with van der Waals surface area (Å²) in [5, 5.41) is 23.8. The zero-order valence-corrected chi connectivity index (χ0v) is 11.8. The topological polar surface area (TPSA) is 81.4 Å². The molecule has 7 nitrogen and oxygen atoms in total. The Labute approximate surface area is 112 Å². The maximum Gasteiger partial charge on any atom is 0.176 e. The normalized spacial score (nSPS) is 12.6. The van der Waals surface area contributed by atoms with Gasteiger partial charge in [0.25, 0.3) is 0 Å². The summed E-state index contributed by atoms with van der Waals surface area (Å²) in [5.74, 6) is 0.724. The molecule has 2 aromatic heterocycles. The number of hydrogen-bond acceptors (Lipinski definition) is 6. The van der Waals surface area contributed by atoms with E-state index < -0.39 is 0 Å². The molecule has 0 aliphatic heterocycles. The van der Waals surface area contributed by atoms with Gasteiger partial charge in [-0.2, -0.15) is 15.0 Å². The second-order valence-electron chi connectivity index (χ2n) is 4.54. The lowest BCUT2D eigenvalue weighted by molar-refractivity contribution is 0.528. The van der Waals surface area contributed by atoms with Crippen LogP contribution in [0.1, 0.15) is 35.7 Å². The van der Waals surface area contributed by atoms with Crippen molar-refractivity contribution < 1.29 is 0 Å². The lowest BCUT2D eigenvalue weighted by Crippen LogP contribution is -2.25. The molecule has 2 rings (SSSR count). The average molecular weight is 261 g/mol. The molecule has 2 aromatic rings. The molecule has 2 heterocycles. The van der Waals surface area contributed by atoms with Gasteiger partial charge in [0.1, 0.15) is 0 Å². The molecule has 0 saturated heterocycles. The summed E-state index contributed by atoms with van der Waals surface area (Å²) < 4.78 is 0. The Bertz CT molecular complexity index is 549. The quantitative estimate of drug-likeness (QED) is 0.844. The Morgan fingerprint density at radius 2 is 2.05 bits per heavy atom. The van der Waals surface area contributed by atoms with Crippen LogP contribution in [0, 0.1) is 13.8 Å². The molecule has 0 aliphatic carbocycles.